The Bertz CT molecular complexity index is 694. The highest BCUT2D eigenvalue weighted by atomic mass is 16.4. The van der Waals surface area contributed by atoms with Crippen LogP contribution in [0.15, 0.2) is 52.7 Å². The molecular formula is C14H14N2O3. The molecule has 2 aromatic rings. The largest absolute Gasteiger partial charge is 0.420 e. The predicted molar refractivity (Wildman–Crippen MR) is 73.2 cm³/mol. The summed E-state index contributed by atoms with van der Waals surface area (Å²) in [6, 6.07) is 4.85. The summed E-state index contributed by atoms with van der Waals surface area (Å²) in [6.45, 7) is 7.85. The summed E-state index contributed by atoms with van der Waals surface area (Å²) in [7, 11) is 0. The number of rotatable bonds is 5. The molecule has 0 unspecified atom stereocenters. The zero-order valence-corrected chi connectivity index (χ0v) is 10.4. The first-order valence-electron chi connectivity index (χ1n) is 5.80. The second-order valence-electron chi connectivity index (χ2n) is 3.95. The van der Waals surface area contributed by atoms with Gasteiger partial charge in [0.05, 0.1) is 5.52 Å². The van der Waals surface area contributed by atoms with E-state index in [-0.39, 0.29) is 5.91 Å². The summed E-state index contributed by atoms with van der Waals surface area (Å²) in [6.07, 6.45) is 3.20. The van der Waals surface area contributed by atoms with Crippen LogP contribution in [-0.2, 0) is 6.54 Å². The maximum Gasteiger partial charge on any atom is 0.420 e. The quantitative estimate of drug-likeness (QED) is 0.830. The molecule has 1 amide bonds. The molecule has 0 spiro atoms. The van der Waals surface area contributed by atoms with Crippen LogP contribution in [0.5, 0.6) is 0 Å². The lowest BCUT2D eigenvalue weighted by Crippen LogP contribution is -2.23. The van der Waals surface area contributed by atoms with Crippen LogP contribution in [0.25, 0.3) is 11.1 Å². The topological polar surface area (TPSA) is 64.2 Å². The van der Waals surface area contributed by atoms with Crippen LogP contribution >= 0.6 is 0 Å². The number of oxazole rings is 1. The van der Waals surface area contributed by atoms with E-state index in [1.807, 2.05) is 0 Å². The molecule has 98 valence electrons. The Kier molecular flexibility index (Phi) is 3.66. The van der Waals surface area contributed by atoms with Crippen LogP contribution in [0.2, 0.25) is 0 Å². The second-order valence-corrected chi connectivity index (χ2v) is 3.95. The molecule has 0 aliphatic carbocycles. The van der Waals surface area contributed by atoms with E-state index >= 15 is 0 Å². The fourth-order valence-electron chi connectivity index (χ4n) is 1.77. The average Bonchev–Trinajstić information content (AvgIpc) is 2.72. The highest BCUT2D eigenvalue weighted by Crippen LogP contribution is 2.15. The fraction of sp³-hybridized carbons (Fsp3) is 0.143. The molecule has 0 atom stereocenters. The third-order valence-electron chi connectivity index (χ3n) is 2.65. The number of allylic oxidation sites excluding steroid dienone is 1. The van der Waals surface area contributed by atoms with Gasteiger partial charge in [-0.3, -0.25) is 9.36 Å². The van der Waals surface area contributed by atoms with E-state index in [4.69, 9.17) is 4.42 Å². The zero-order valence-electron chi connectivity index (χ0n) is 10.4. The van der Waals surface area contributed by atoms with Gasteiger partial charge in [0, 0.05) is 18.7 Å². The standard InChI is InChI=1S/C14H14N2O3/c1-3-7-15-13(17)10-5-6-12-11(9-10)16(8-4-2)14(18)19-12/h3-6,9H,1-2,7-8H2,(H,15,17). The van der Waals surface area contributed by atoms with Crippen molar-refractivity contribution in [1.82, 2.24) is 9.88 Å². The van der Waals surface area contributed by atoms with Crippen LogP contribution in [0.3, 0.4) is 0 Å². The van der Waals surface area contributed by atoms with Crippen LogP contribution in [-0.4, -0.2) is 17.0 Å². The van der Waals surface area contributed by atoms with Crippen molar-refractivity contribution >= 4 is 17.0 Å². The minimum Gasteiger partial charge on any atom is -0.408 e. The number of amides is 1. The van der Waals surface area contributed by atoms with Gasteiger partial charge < -0.3 is 9.73 Å². The Morgan fingerprint density at radius 1 is 1.37 bits per heavy atom. The van der Waals surface area contributed by atoms with Crippen molar-refractivity contribution in [1.29, 1.82) is 0 Å². The van der Waals surface area contributed by atoms with Crippen molar-refractivity contribution < 1.29 is 9.21 Å². The van der Waals surface area contributed by atoms with E-state index in [2.05, 4.69) is 18.5 Å². The third kappa shape index (κ3) is 2.49. The summed E-state index contributed by atoms with van der Waals surface area (Å²) < 4.78 is 6.50. The molecule has 1 N–H and O–H groups in total. The molecule has 5 heteroatoms. The van der Waals surface area contributed by atoms with E-state index < -0.39 is 5.76 Å². The average molecular weight is 258 g/mol. The van der Waals surface area contributed by atoms with Crippen LogP contribution < -0.4 is 11.1 Å². The van der Waals surface area contributed by atoms with Gasteiger partial charge in [-0.05, 0) is 18.2 Å². The summed E-state index contributed by atoms with van der Waals surface area (Å²) in [4.78, 5) is 23.4. The lowest BCUT2D eigenvalue weighted by atomic mass is 10.2. The van der Waals surface area contributed by atoms with Gasteiger partial charge in [-0.1, -0.05) is 12.2 Å². The molecule has 1 heterocycles. The van der Waals surface area contributed by atoms with E-state index in [0.717, 1.165) is 0 Å². The second kappa shape index (κ2) is 5.39. The van der Waals surface area contributed by atoms with E-state index in [0.29, 0.717) is 29.8 Å². The summed E-state index contributed by atoms with van der Waals surface area (Å²) >= 11 is 0. The Balaban J connectivity index is 2.46. The van der Waals surface area contributed by atoms with Crippen LogP contribution in [0.4, 0.5) is 0 Å². The first-order valence-corrected chi connectivity index (χ1v) is 5.80. The fourth-order valence-corrected chi connectivity index (χ4v) is 1.77. The number of carbonyl (C=O) groups is 1. The number of fused-ring (bicyclic) bond motifs is 1. The van der Waals surface area contributed by atoms with E-state index in [9.17, 15) is 9.59 Å². The minimum atomic E-state index is -0.460. The number of hydrogen-bond acceptors (Lipinski definition) is 3. The van der Waals surface area contributed by atoms with Gasteiger partial charge in [0.15, 0.2) is 5.58 Å². The number of benzene rings is 1. The molecule has 0 radical (unpaired) electrons. The molecule has 0 saturated heterocycles. The maximum atomic E-state index is 11.8. The number of hydrogen-bond donors (Lipinski definition) is 1. The van der Waals surface area contributed by atoms with Gasteiger partial charge in [-0.15, -0.1) is 13.2 Å². The van der Waals surface area contributed by atoms with Gasteiger partial charge in [-0.2, -0.15) is 0 Å². The van der Waals surface area contributed by atoms with Crippen molar-refractivity contribution in [3.63, 3.8) is 0 Å². The third-order valence-corrected chi connectivity index (χ3v) is 2.65. The lowest BCUT2D eigenvalue weighted by Gasteiger charge is -2.03. The first kappa shape index (κ1) is 12.9. The van der Waals surface area contributed by atoms with Gasteiger partial charge in [0.2, 0.25) is 0 Å². The molecule has 1 aromatic carbocycles. The molecule has 2 rings (SSSR count). The number of nitrogens with zero attached hydrogens (tertiary/aromatic N) is 1. The molecule has 1 aromatic heterocycles. The van der Waals surface area contributed by atoms with Gasteiger partial charge in [0.25, 0.3) is 5.91 Å². The molecular weight excluding hydrogens is 244 g/mol. The maximum absolute atomic E-state index is 11.8. The van der Waals surface area contributed by atoms with Crippen molar-refractivity contribution in [2.24, 2.45) is 0 Å². The monoisotopic (exact) mass is 258 g/mol. The highest BCUT2D eigenvalue weighted by molar-refractivity contribution is 5.97. The number of aromatic nitrogens is 1. The normalized spacial score (nSPS) is 10.3. The minimum absolute atomic E-state index is 0.222. The van der Waals surface area contributed by atoms with Gasteiger partial charge in [-0.25, -0.2) is 4.79 Å². The molecule has 0 fully saturated rings. The van der Waals surface area contributed by atoms with E-state index in [1.54, 1.807) is 30.4 Å². The number of carbonyl (C=O) groups excluding carboxylic acids is 1. The van der Waals surface area contributed by atoms with Crippen molar-refractivity contribution in [3.8, 4) is 0 Å². The molecule has 0 saturated carbocycles. The molecule has 5 nitrogen and oxygen atoms in total. The summed E-state index contributed by atoms with van der Waals surface area (Å²) in [5.74, 6) is -0.681. The Labute approximate surface area is 109 Å². The van der Waals surface area contributed by atoms with Crippen molar-refractivity contribution in [3.05, 3.63) is 59.6 Å². The van der Waals surface area contributed by atoms with E-state index in [1.165, 1.54) is 4.57 Å². The van der Waals surface area contributed by atoms with Crippen molar-refractivity contribution in [2.75, 3.05) is 6.54 Å². The van der Waals surface area contributed by atoms with Crippen LogP contribution in [0, 0.1) is 0 Å². The first-order chi connectivity index (χ1) is 9.17. The summed E-state index contributed by atoms with van der Waals surface area (Å²) in [5.41, 5.74) is 1.50. The molecule has 19 heavy (non-hydrogen) atoms. The Hall–Kier alpha value is -2.56. The SMILES string of the molecule is C=CCNC(=O)c1ccc2oc(=O)n(CC=C)c2c1. The molecule has 0 aliphatic heterocycles. The molecule has 0 bridgehead atoms. The van der Waals surface area contributed by atoms with Crippen LogP contribution in [0.1, 0.15) is 10.4 Å². The lowest BCUT2D eigenvalue weighted by molar-refractivity contribution is 0.0958. The van der Waals surface area contributed by atoms with Crippen molar-refractivity contribution in [2.45, 2.75) is 6.54 Å². The Morgan fingerprint density at radius 2 is 2.16 bits per heavy atom. The smallest absolute Gasteiger partial charge is 0.408 e. The zero-order chi connectivity index (χ0) is 13.8. The van der Waals surface area contributed by atoms with Gasteiger partial charge >= 0.3 is 5.76 Å². The molecule has 0 aliphatic rings. The Morgan fingerprint density at radius 3 is 2.84 bits per heavy atom. The predicted octanol–water partition coefficient (Wildman–Crippen LogP) is 1.70. The summed E-state index contributed by atoms with van der Waals surface area (Å²) in [5, 5.41) is 2.68. The van der Waals surface area contributed by atoms with Gasteiger partial charge in [0.1, 0.15) is 0 Å². The highest BCUT2D eigenvalue weighted by Gasteiger charge is 2.11. The number of nitrogens with one attached hydrogen (secondary N) is 1.